The molecular weight excluding hydrogens is 1220 g/mol. The van der Waals surface area contributed by atoms with E-state index < -0.39 is 55.1 Å². The molecule has 0 heterocycles. The lowest BCUT2D eigenvalue weighted by Gasteiger charge is -2.34. The Bertz CT molecular complexity index is 3730. The maximum absolute atomic E-state index is 12.8. The van der Waals surface area contributed by atoms with Crippen LogP contribution in [0.2, 0.25) is 0 Å². The monoisotopic (exact) mass is 1330 g/mol. The summed E-state index contributed by atoms with van der Waals surface area (Å²) >= 11 is 0. The minimum Gasteiger partial charge on any atom is -0.454 e. The molecule has 3 aliphatic rings. The minimum atomic E-state index is -0.712. The lowest BCUT2D eigenvalue weighted by Crippen LogP contribution is -2.37. The van der Waals surface area contributed by atoms with Gasteiger partial charge in [0.1, 0.15) is 16.8 Å². The van der Waals surface area contributed by atoms with Crippen molar-refractivity contribution in [2.45, 2.75) is 238 Å². The normalized spacial score (nSPS) is 15.9. The first-order valence-electron chi connectivity index (χ1n) is 35.7. The largest absolute Gasteiger partial charge is 0.454 e. The fourth-order valence-electron chi connectivity index (χ4n) is 11.7. The van der Waals surface area contributed by atoms with Crippen molar-refractivity contribution in [3.8, 4) is 22.3 Å². The summed E-state index contributed by atoms with van der Waals surface area (Å²) in [6.07, 6.45) is 7.24. The maximum atomic E-state index is 12.8. The van der Waals surface area contributed by atoms with Gasteiger partial charge in [-0.25, -0.2) is 0 Å². The van der Waals surface area contributed by atoms with Gasteiger partial charge in [0.05, 0.1) is 27.1 Å². The molecule has 10 heteroatoms. The molecule has 0 radical (unpaired) electrons. The van der Waals surface area contributed by atoms with Crippen LogP contribution in [0.5, 0.6) is 0 Å². The Labute approximate surface area is 588 Å². The average Bonchev–Trinajstić information content (AvgIpc) is 1.58. The van der Waals surface area contributed by atoms with Crippen LogP contribution < -0.4 is 0 Å². The van der Waals surface area contributed by atoms with Gasteiger partial charge in [0, 0.05) is 22.3 Å². The smallest absolute Gasteiger partial charge is 0.312 e. The van der Waals surface area contributed by atoms with Crippen LogP contribution in [0.1, 0.15) is 248 Å². The molecule has 526 valence electrons. The van der Waals surface area contributed by atoms with E-state index in [0.717, 1.165) is 102 Å². The van der Waals surface area contributed by atoms with E-state index in [2.05, 4.69) is 67.6 Å². The Morgan fingerprint density at radius 3 is 1.05 bits per heavy atom. The first kappa shape index (κ1) is 78.9. The summed E-state index contributed by atoms with van der Waals surface area (Å²) < 4.78 is 29.6. The molecule has 0 fully saturated rings. The second-order valence-corrected chi connectivity index (χ2v) is 30.7. The molecule has 0 aromatic heterocycles. The summed E-state index contributed by atoms with van der Waals surface area (Å²) in [6, 6.07) is 60.9. The lowest BCUT2D eigenvalue weighted by molar-refractivity contribution is -0.171. The third kappa shape index (κ3) is 17.5. The Morgan fingerprint density at radius 1 is 0.337 bits per heavy atom. The molecule has 0 spiro atoms. The number of ether oxygens (including phenoxy) is 5. The fraction of sp³-hybridized carbons (Fsp3) is 0.466. The Kier molecular flexibility index (Phi) is 25.6. The zero-order valence-electron chi connectivity index (χ0n) is 63.3. The average molecular weight is 1330 g/mol. The van der Waals surface area contributed by atoms with Gasteiger partial charge in [-0.05, 0) is 206 Å². The van der Waals surface area contributed by atoms with E-state index >= 15 is 0 Å². The van der Waals surface area contributed by atoms with Gasteiger partial charge in [-0.1, -0.05) is 230 Å². The highest BCUT2D eigenvalue weighted by Crippen LogP contribution is 2.53. The van der Waals surface area contributed by atoms with Gasteiger partial charge < -0.3 is 23.7 Å². The van der Waals surface area contributed by atoms with Crippen LogP contribution in [0.15, 0.2) is 182 Å². The molecule has 0 saturated heterocycles. The molecule has 2 unspecified atom stereocenters. The van der Waals surface area contributed by atoms with Gasteiger partial charge in [-0.15, -0.1) is 0 Å². The number of aryl methyl sites for hydroxylation is 1. The number of benzene rings is 7. The van der Waals surface area contributed by atoms with E-state index in [4.69, 9.17) is 23.7 Å². The molecule has 0 N–H and O–H groups in total. The van der Waals surface area contributed by atoms with Crippen LogP contribution in [0.25, 0.3) is 22.3 Å². The van der Waals surface area contributed by atoms with Crippen LogP contribution in [-0.4, -0.2) is 29.8 Å². The second kappa shape index (κ2) is 31.8. The molecule has 10 rings (SSSR count). The topological polar surface area (TPSA) is 132 Å². The van der Waals surface area contributed by atoms with Crippen molar-refractivity contribution >= 4 is 29.8 Å². The molecule has 2 atom stereocenters. The van der Waals surface area contributed by atoms with Crippen molar-refractivity contribution < 1.29 is 47.7 Å². The first-order chi connectivity index (χ1) is 45.9. The van der Waals surface area contributed by atoms with E-state index in [1.807, 2.05) is 267 Å². The molecule has 7 aromatic rings. The standard InChI is InChI=1S/C21H24O2.C20H22O2.C16H22O2.C16H24O2.C15H22O2/c1-5-20(3,4)19(22)23-21(6-2)17-13-9-7-11-15(17)16-12-8-10-14-18(16)21;1-5-19(2,3)18(21)22-20(4)16-12-8-6-10-14(16)15-11-7-9-13-17(15)20;1-5-15(2,3)14(17)18-16(4)11-10-12-8-6-7-9-13(12)16;1-6-15(3,4)14(17)18-16(5,7-2)13-11-9-8-10-12-13;1-6-14(2,3)13(16)17-15(4,5)12-10-8-7-9-11-12/h7-14H,5-6H2,1-4H3;6-13H,5H2,1-4H3;6-9H,5,10-11H2,1-4H3;8-12H,6-7H2,1-5H3;7-11H,6H2,1-5H3. The molecule has 7 aromatic carbocycles. The fourth-order valence-corrected chi connectivity index (χ4v) is 11.7. The number of hydrogen-bond donors (Lipinski definition) is 0. The highest BCUT2D eigenvalue weighted by Gasteiger charge is 2.48. The molecule has 98 heavy (non-hydrogen) atoms. The molecular formula is C88H114O10. The van der Waals surface area contributed by atoms with E-state index in [-0.39, 0.29) is 29.8 Å². The van der Waals surface area contributed by atoms with Crippen LogP contribution >= 0.6 is 0 Å². The summed E-state index contributed by atoms with van der Waals surface area (Å²) in [7, 11) is 0. The Balaban J connectivity index is 0.000000194. The van der Waals surface area contributed by atoms with Gasteiger partial charge in [-0.3, -0.25) is 24.0 Å². The predicted molar refractivity (Wildman–Crippen MR) is 398 cm³/mol. The molecule has 10 nitrogen and oxygen atoms in total. The third-order valence-electron chi connectivity index (χ3n) is 21.4. The molecule has 0 bridgehead atoms. The van der Waals surface area contributed by atoms with Gasteiger partial charge in [0.2, 0.25) is 0 Å². The second-order valence-electron chi connectivity index (χ2n) is 30.7. The summed E-state index contributed by atoms with van der Waals surface area (Å²) in [5, 5.41) is 0. The number of hydrogen-bond acceptors (Lipinski definition) is 10. The summed E-state index contributed by atoms with van der Waals surface area (Å²) in [5.41, 5.74) is 8.39. The van der Waals surface area contributed by atoms with E-state index in [1.54, 1.807) is 0 Å². The molecule has 0 aliphatic heterocycles. The zero-order chi connectivity index (χ0) is 72.9. The predicted octanol–water partition coefficient (Wildman–Crippen LogP) is 22.2. The Hall–Kier alpha value is -8.11. The van der Waals surface area contributed by atoms with Gasteiger partial charge in [0.15, 0.2) is 11.2 Å². The maximum Gasteiger partial charge on any atom is 0.312 e. The molecule has 0 saturated carbocycles. The van der Waals surface area contributed by atoms with Crippen molar-refractivity contribution in [2.75, 3.05) is 0 Å². The summed E-state index contributed by atoms with van der Waals surface area (Å²) in [4.78, 5) is 62.0. The number of esters is 5. The van der Waals surface area contributed by atoms with Crippen LogP contribution in [0, 0.1) is 27.1 Å². The molecule has 3 aliphatic carbocycles. The molecule has 0 amide bonds. The number of fused-ring (bicyclic) bond motifs is 7. The van der Waals surface area contributed by atoms with Gasteiger partial charge in [-0.2, -0.15) is 0 Å². The third-order valence-corrected chi connectivity index (χ3v) is 21.4. The zero-order valence-corrected chi connectivity index (χ0v) is 63.3. The highest BCUT2D eigenvalue weighted by molar-refractivity contribution is 5.85. The highest BCUT2D eigenvalue weighted by atomic mass is 16.6. The van der Waals surface area contributed by atoms with Crippen molar-refractivity contribution in [2.24, 2.45) is 27.1 Å². The number of rotatable bonds is 19. The summed E-state index contributed by atoms with van der Waals surface area (Å²) in [6.45, 7) is 43.4. The van der Waals surface area contributed by atoms with Gasteiger partial charge in [0.25, 0.3) is 0 Å². The first-order valence-corrected chi connectivity index (χ1v) is 35.7. The SMILES string of the molecule is CCC(C)(C)C(=O)OC(C)(C)c1ccccc1.CCC(C)(C)C(=O)OC(C)(CC)c1ccccc1.CCC(C)(C)C(=O)OC1(C)CCc2ccccc21.CCC(C)(C)C(=O)OC1(C)c2ccccc2-c2ccccc21.CCC(C)(C)C(=O)OC1(CC)c2ccccc2-c2ccccc21. The van der Waals surface area contributed by atoms with Crippen molar-refractivity contribution in [3.05, 3.63) is 226 Å². The van der Waals surface area contributed by atoms with E-state index in [9.17, 15) is 24.0 Å². The number of carbonyl (C=O) groups is 5. The number of carbonyl (C=O) groups excluding carboxylic acids is 5. The van der Waals surface area contributed by atoms with Gasteiger partial charge >= 0.3 is 29.8 Å². The summed E-state index contributed by atoms with van der Waals surface area (Å²) in [5.74, 6) is -0.645. The Morgan fingerprint density at radius 2 is 0.653 bits per heavy atom. The van der Waals surface area contributed by atoms with Crippen molar-refractivity contribution in [3.63, 3.8) is 0 Å². The van der Waals surface area contributed by atoms with Crippen molar-refractivity contribution in [1.29, 1.82) is 0 Å². The van der Waals surface area contributed by atoms with Crippen molar-refractivity contribution in [1.82, 2.24) is 0 Å². The lowest BCUT2D eigenvalue weighted by atomic mass is 9.86. The van der Waals surface area contributed by atoms with Crippen LogP contribution in [-0.2, 0) is 82.1 Å². The van der Waals surface area contributed by atoms with Crippen LogP contribution in [0.3, 0.4) is 0 Å². The quantitative estimate of drug-likeness (QED) is 0.0569. The van der Waals surface area contributed by atoms with E-state index in [1.165, 1.54) is 22.3 Å². The van der Waals surface area contributed by atoms with E-state index in [0.29, 0.717) is 0 Å². The van der Waals surface area contributed by atoms with Crippen LogP contribution in [0.4, 0.5) is 0 Å². The minimum absolute atomic E-state index is 0.0933.